The number of carbonyl (C=O) groups excluding carboxylic acids is 2. The number of hydrogen-bond acceptors (Lipinski definition) is 6. The third-order valence-corrected chi connectivity index (χ3v) is 12.1. The normalized spacial score (nSPS) is 13.8. The minimum atomic E-state index is -0.00711. The second kappa shape index (κ2) is 36.0. The summed E-state index contributed by atoms with van der Waals surface area (Å²) in [6.07, 6.45) is 26.4. The van der Waals surface area contributed by atoms with E-state index in [1.807, 2.05) is 0 Å². The van der Waals surface area contributed by atoms with Crippen LogP contribution in [-0.4, -0.2) is 62.9 Å². The van der Waals surface area contributed by atoms with E-state index in [4.69, 9.17) is 14.2 Å². The van der Waals surface area contributed by atoms with E-state index >= 15 is 0 Å². The molecule has 0 aromatic carbocycles. The lowest BCUT2D eigenvalue weighted by molar-refractivity contribution is -0.146. The first-order chi connectivity index (χ1) is 26.2. The van der Waals surface area contributed by atoms with Crippen LogP contribution in [0.5, 0.6) is 0 Å². The van der Waals surface area contributed by atoms with E-state index in [1.165, 1.54) is 89.9 Å². The van der Waals surface area contributed by atoms with Crippen LogP contribution in [0.2, 0.25) is 0 Å². The van der Waals surface area contributed by atoms with Crippen molar-refractivity contribution in [3.05, 3.63) is 0 Å². The fourth-order valence-electron chi connectivity index (χ4n) is 7.27. The summed E-state index contributed by atoms with van der Waals surface area (Å²) in [4.78, 5) is 27.1. The van der Waals surface area contributed by atoms with Gasteiger partial charge in [0.05, 0.1) is 13.2 Å². The molecule has 6 nitrogen and oxygen atoms in total. The van der Waals surface area contributed by atoms with Gasteiger partial charge >= 0.3 is 11.9 Å². The first-order valence-electron chi connectivity index (χ1n) is 23.8. The van der Waals surface area contributed by atoms with Crippen LogP contribution in [0.1, 0.15) is 217 Å². The van der Waals surface area contributed by atoms with E-state index in [-0.39, 0.29) is 11.9 Å². The lowest BCUT2D eigenvalue weighted by Crippen LogP contribution is -2.28. The van der Waals surface area contributed by atoms with Crippen molar-refractivity contribution in [2.75, 3.05) is 40.0 Å². The molecule has 0 aliphatic heterocycles. The summed E-state index contributed by atoms with van der Waals surface area (Å²) in [6, 6.07) is 0.583. The molecule has 6 heteroatoms. The topological polar surface area (TPSA) is 65.1 Å². The second-order valence-corrected chi connectivity index (χ2v) is 19.2. The third-order valence-electron chi connectivity index (χ3n) is 12.1. The van der Waals surface area contributed by atoms with Crippen molar-refractivity contribution in [2.24, 2.45) is 41.4 Å². The molecule has 0 aliphatic carbocycles. The third kappa shape index (κ3) is 34.6. The van der Waals surface area contributed by atoms with Gasteiger partial charge in [0.2, 0.25) is 0 Å². The van der Waals surface area contributed by atoms with Crippen LogP contribution in [0, 0.1) is 41.4 Å². The Morgan fingerprint density at radius 2 is 0.836 bits per heavy atom. The molecule has 0 aromatic rings. The number of nitrogens with zero attached hydrogens (tertiary/aromatic N) is 1. The quantitative estimate of drug-likeness (QED) is 0.0457. The molecule has 0 saturated carbocycles. The number of rotatable bonds is 39. The molecular formula is C49H97NO5. The van der Waals surface area contributed by atoms with Gasteiger partial charge < -0.3 is 19.1 Å². The smallest absolute Gasteiger partial charge is 0.305 e. The van der Waals surface area contributed by atoms with Gasteiger partial charge in [0, 0.05) is 38.6 Å². The van der Waals surface area contributed by atoms with Crippen molar-refractivity contribution in [1.29, 1.82) is 0 Å². The summed E-state index contributed by atoms with van der Waals surface area (Å²) in [5.74, 6) is 4.12. The van der Waals surface area contributed by atoms with Gasteiger partial charge in [-0.2, -0.15) is 0 Å². The van der Waals surface area contributed by atoms with Gasteiger partial charge in [0.1, 0.15) is 0 Å². The molecule has 0 N–H and O–H groups in total. The molecule has 0 amide bonds. The van der Waals surface area contributed by atoms with Crippen LogP contribution in [0.15, 0.2) is 0 Å². The number of carbonyl (C=O) groups is 2. The minimum Gasteiger partial charge on any atom is -0.465 e. The fourth-order valence-corrected chi connectivity index (χ4v) is 7.27. The number of esters is 2. The lowest BCUT2D eigenvalue weighted by Gasteiger charge is -2.21. The second-order valence-electron chi connectivity index (χ2n) is 19.2. The molecule has 0 aromatic heterocycles. The number of ether oxygens (including phenoxy) is 3. The lowest BCUT2D eigenvalue weighted by atomic mass is 9.89. The Balaban J connectivity index is 4.23. The molecule has 328 valence electrons. The Morgan fingerprint density at radius 3 is 1.20 bits per heavy atom. The van der Waals surface area contributed by atoms with Crippen LogP contribution in [0.4, 0.5) is 0 Å². The summed E-state index contributed by atoms with van der Waals surface area (Å²) in [5, 5.41) is 0. The first-order valence-corrected chi connectivity index (χ1v) is 23.8. The Labute approximate surface area is 344 Å². The molecule has 0 aliphatic rings. The summed E-state index contributed by atoms with van der Waals surface area (Å²) in [7, 11) is 2.20. The average Bonchev–Trinajstić information content (AvgIpc) is 3.11. The van der Waals surface area contributed by atoms with E-state index < -0.39 is 0 Å². The van der Waals surface area contributed by atoms with Crippen molar-refractivity contribution in [1.82, 2.24) is 4.90 Å². The predicted octanol–water partition coefficient (Wildman–Crippen LogP) is 13.9. The van der Waals surface area contributed by atoms with Crippen LogP contribution in [0.3, 0.4) is 0 Å². The van der Waals surface area contributed by atoms with Crippen LogP contribution < -0.4 is 0 Å². The highest BCUT2D eigenvalue weighted by Gasteiger charge is 2.18. The zero-order valence-corrected chi connectivity index (χ0v) is 38.9. The zero-order chi connectivity index (χ0) is 41.3. The Bertz CT molecular complexity index is 813. The van der Waals surface area contributed by atoms with E-state index in [2.05, 4.69) is 81.2 Å². The van der Waals surface area contributed by atoms with Gasteiger partial charge in [0.15, 0.2) is 0 Å². The van der Waals surface area contributed by atoms with Crippen molar-refractivity contribution in [3.8, 4) is 0 Å². The Kier molecular flexibility index (Phi) is 35.2. The van der Waals surface area contributed by atoms with Gasteiger partial charge in [-0.15, -0.1) is 0 Å². The molecule has 2 unspecified atom stereocenters. The summed E-state index contributed by atoms with van der Waals surface area (Å²) < 4.78 is 17.6. The molecular weight excluding hydrogens is 683 g/mol. The highest BCUT2D eigenvalue weighted by atomic mass is 16.5. The largest absolute Gasteiger partial charge is 0.465 e. The van der Waals surface area contributed by atoms with Gasteiger partial charge in [-0.25, -0.2) is 0 Å². The van der Waals surface area contributed by atoms with Crippen molar-refractivity contribution in [2.45, 2.75) is 223 Å². The maximum Gasteiger partial charge on any atom is 0.305 e. The van der Waals surface area contributed by atoms with Crippen molar-refractivity contribution in [3.63, 3.8) is 0 Å². The molecule has 0 rings (SSSR count). The number of hydrogen-bond donors (Lipinski definition) is 0. The fraction of sp³-hybridized carbons (Fsp3) is 0.959. The summed E-state index contributed by atoms with van der Waals surface area (Å²) in [6.45, 7) is 26.6. The molecule has 0 bridgehead atoms. The van der Waals surface area contributed by atoms with Gasteiger partial charge in [-0.05, 0) is 107 Å². The predicted molar refractivity (Wildman–Crippen MR) is 237 cm³/mol. The Morgan fingerprint density at radius 1 is 0.455 bits per heavy atom. The molecule has 0 radical (unpaired) electrons. The highest BCUT2D eigenvalue weighted by Crippen LogP contribution is 2.23. The van der Waals surface area contributed by atoms with E-state index in [1.54, 1.807) is 0 Å². The zero-order valence-electron chi connectivity index (χ0n) is 38.9. The minimum absolute atomic E-state index is 0.00711. The average molecular weight is 780 g/mol. The Hall–Kier alpha value is -1.14. The van der Waals surface area contributed by atoms with Crippen LogP contribution in [0.25, 0.3) is 0 Å². The van der Waals surface area contributed by atoms with Gasteiger partial charge in [0.25, 0.3) is 0 Å². The van der Waals surface area contributed by atoms with Crippen LogP contribution >= 0.6 is 0 Å². The molecule has 55 heavy (non-hydrogen) atoms. The molecule has 0 spiro atoms. The number of unbranched alkanes of at least 4 members (excludes halogenated alkanes) is 12. The van der Waals surface area contributed by atoms with Crippen LogP contribution in [-0.2, 0) is 23.8 Å². The van der Waals surface area contributed by atoms with Crippen molar-refractivity contribution >= 4 is 11.9 Å². The highest BCUT2D eigenvalue weighted by molar-refractivity contribution is 5.69. The van der Waals surface area contributed by atoms with Crippen molar-refractivity contribution < 1.29 is 23.8 Å². The van der Waals surface area contributed by atoms with E-state index in [0.29, 0.717) is 73.5 Å². The van der Waals surface area contributed by atoms with E-state index in [9.17, 15) is 9.59 Å². The maximum absolute atomic E-state index is 12.3. The maximum atomic E-state index is 12.3. The van der Waals surface area contributed by atoms with Gasteiger partial charge in [-0.1, -0.05) is 145 Å². The first kappa shape index (κ1) is 53.9. The van der Waals surface area contributed by atoms with Gasteiger partial charge in [-0.3, -0.25) is 9.59 Å². The SMILES string of the molecule is CC(C)CCC(COC(=O)CCCCCCCCCC(CCCCCCCCCC(=O)OCC(CCC(C)C)C(C)C)COCCCN(C)C(C)C)C(C)C. The molecule has 2 atom stereocenters. The summed E-state index contributed by atoms with van der Waals surface area (Å²) >= 11 is 0. The monoisotopic (exact) mass is 780 g/mol. The molecule has 0 heterocycles. The van der Waals surface area contributed by atoms with E-state index in [0.717, 1.165) is 64.7 Å². The molecule has 0 saturated heterocycles. The molecule has 0 fully saturated rings. The summed E-state index contributed by atoms with van der Waals surface area (Å²) in [5.41, 5.74) is 0. The standard InChI is InChI=1S/C49H97NO5/c1-40(2)31-33-46(42(5)6)38-54-48(51)29-24-20-16-12-14-18-22-27-45(37-53-36-26-35-50(11)44(9)10)28-23-19-15-13-17-21-25-30-49(52)55-39-47(43(7)8)34-32-41(3)4/h40-47H,12-39H2,1-11H3.